The van der Waals surface area contributed by atoms with E-state index in [1.165, 1.54) is 19.3 Å². The molecule has 0 heterocycles. The van der Waals surface area contributed by atoms with Gasteiger partial charge in [0.05, 0.1) is 13.2 Å². The Balaban J connectivity index is 3.59. The van der Waals surface area contributed by atoms with Gasteiger partial charge in [0, 0.05) is 12.2 Å². The molecule has 0 bridgehead atoms. The molecule has 0 radical (unpaired) electrons. The lowest BCUT2D eigenvalue weighted by molar-refractivity contribution is -0.140. The summed E-state index contributed by atoms with van der Waals surface area (Å²) in [5, 5.41) is 0. The first-order chi connectivity index (χ1) is 10.2. The minimum atomic E-state index is -0.512. The zero-order chi connectivity index (χ0) is 15.8. The van der Waals surface area contributed by atoms with Crippen LogP contribution in [0.1, 0.15) is 58.8 Å². The van der Waals surface area contributed by atoms with Gasteiger partial charge in [0.25, 0.3) is 0 Å². The maximum Gasteiger partial charge on any atom is 0.331 e. The van der Waals surface area contributed by atoms with E-state index in [0.29, 0.717) is 19.6 Å². The Bertz CT molecular complexity index is 332. The first kappa shape index (κ1) is 19.4. The van der Waals surface area contributed by atoms with Gasteiger partial charge in [-0.3, -0.25) is 0 Å². The zero-order valence-electron chi connectivity index (χ0n) is 13.3. The standard InChI is InChI=1S/C17H28O4/c1-3-5-7-8-9-10-11-15-21-17(19)13-12-16(18)20-14-6-4-2/h9-10,12-13H,3-8,11,14-15H2,1-2H3/b10-9-,13-12+. The van der Waals surface area contributed by atoms with Crippen molar-refractivity contribution < 1.29 is 19.1 Å². The number of carbonyl (C=O) groups is 2. The van der Waals surface area contributed by atoms with Gasteiger partial charge >= 0.3 is 11.9 Å². The number of ether oxygens (including phenoxy) is 2. The summed E-state index contributed by atoms with van der Waals surface area (Å²) >= 11 is 0. The third-order valence-corrected chi connectivity index (χ3v) is 2.77. The van der Waals surface area contributed by atoms with E-state index in [-0.39, 0.29) is 0 Å². The van der Waals surface area contributed by atoms with Gasteiger partial charge in [0.2, 0.25) is 0 Å². The third kappa shape index (κ3) is 14.6. The van der Waals surface area contributed by atoms with Crippen LogP contribution < -0.4 is 0 Å². The number of unbranched alkanes of at least 4 members (excludes halogenated alkanes) is 4. The number of esters is 2. The third-order valence-electron chi connectivity index (χ3n) is 2.77. The summed E-state index contributed by atoms with van der Waals surface area (Å²) in [6.45, 7) is 4.91. The van der Waals surface area contributed by atoms with Crippen molar-refractivity contribution in [2.45, 2.75) is 58.8 Å². The largest absolute Gasteiger partial charge is 0.463 e. The molecule has 0 rings (SSSR count). The van der Waals surface area contributed by atoms with Crippen molar-refractivity contribution in [3.05, 3.63) is 24.3 Å². The van der Waals surface area contributed by atoms with E-state index in [1.807, 2.05) is 13.0 Å². The Hall–Kier alpha value is -1.58. The van der Waals surface area contributed by atoms with Gasteiger partial charge in [-0.05, 0) is 25.7 Å². The molecule has 120 valence electrons. The molecule has 0 aliphatic rings. The maximum atomic E-state index is 11.3. The fraction of sp³-hybridized carbons (Fsp3) is 0.647. The predicted molar refractivity (Wildman–Crippen MR) is 83.9 cm³/mol. The van der Waals surface area contributed by atoms with Gasteiger partial charge in [0.1, 0.15) is 0 Å². The van der Waals surface area contributed by atoms with Gasteiger partial charge in [-0.1, -0.05) is 45.3 Å². The highest BCUT2D eigenvalue weighted by atomic mass is 16.5. The van der Waals surface area contributed by atoms with E-state index in [4.69, 9.17) is 9.47 Å². The summed E-state index contributed by atoms with van der Waals surface area (Å²) in [5.74, 6) is -1.02. The van der Waals surface area contributed by atoms with Crippen LogP contribution in [0.15, 0.2) is 24.3 Å². The molecule has 0 aromatic heterocycles. The molecule has 0 aliphatic heterocycles. The normalized spacial score (nSPS) is 11.1. The molecule has 0 spiro atoms. The number of hydrogen-bond acceptors (Lipinski definition) is 4. The van der Waals surface area contributed by atoms with E-state index in [9.17, 15) is 9.59 Å². The molecule has 0 N–H and O–H groups in total. The molecule has 21 heavy (non-hydrogen) atoms. The number of carbonyl (C=O) groups excluding carboxylic acids is 2. The molecule has 0 saturated heterocycles. The molecule has 4 heteroatoms. The summed E-state index contributed by atoms with van der Waals surface area (Å²) in [6, 6.07) is 0. The molecular weight excluding hydrogens is 268 g/mol. The molecule has 4 nitrogen and oxygen atoms in total. The minimum Gasteiger partial charge on any atom is -0.463 e. The second-order valence-electron chi connectivity index (χ2n) is 4.78. The Morgan fingerprint density at radius 1 is 0.762 bits per heavy atom. The van der Waals surface area contributed by atoms with Crippen molar-refractivity contribution in [3.8, 4) is 0 Å². The quantitative estimate of drug-likeness (QED) is 0.237. The SMILES string of the molecule is CCCCC/C=C\CCOC(=O)/C=C/C(=O)OCCCC. The summed E-state index contributed by atoms with van der Waals surface area (Å²) < 4.78 is 9.84. The number of hydrogen-bond donors (Lipinski definition) is 0. The van der Waals surface area contributed by atoms with E-state index >= 15 is 0 Å². The van der Waals surface area contributed by atoms with Crippen LogP contribution in [0, 0.1) is 0 Å². The van der Waals surface area contributed by atoms with Crippen LogP contribution in [0.4, 0.5) is 0 Å². The van der Waals surface area contributed by atoms with Crippen molar-refractivity contribution in [3.63, 3.8) is 0 Å². The fourth-order valence-electron chi connectivity index (χ4n) is 1.52. The molecule has 0 aromatic carbocycles. The van der Waals surface area contributed by atoms with E-state index < -0.39 is 11.9 Å². The second-order valence-corrected chi connectivity index (χ2v) is 4.78. The summed E-state index contributed by atoms with van der Waals surface area (Å²) in [6.07, 6.45) is 13.6. The Kier molecular flexibility index (Phi) is 13.7. The van der Waals surface area contributed by atoms with Crippen molar-refractivity contribution in [2.24, 2.45) is 0 Å². The number of allylic oxidation sites excluding steroid dienone is 1. The summed E-state index contributed by atoms with van der Waals surface area (Å²) in [5.41, 5.74) is 0. The van der Waals surface area contributed by atoms with Crippen LogP contribution in [0.2, 0.25) is 0 Å². The van der Waals surface area contributed by atoms with Gasteiger partial charge in [-0.25, -0.2) is 9.59 Å². The number of rotatable bonds is 12. The lowest BCUT2D eigenvalue weighted by atomic mass is 10.2. The summed E-state index contributed by atoms with van der Waals surface area (Å²) in [7, 11) is 0. The van der Waals surface area contributed by atoms with Crippen molar-refractivity contribution in [2.75, 3.05) is 13.2 Å². The van der Waals surface area contributed by atoms with Gasteiger partial charge in [-0.2, -0.15) is 0 Å². The molecule has 0 aliphatic carbocycles. The van der Waals surface area contributed by atoms with Gasteiger partial charge in [-0.15, -0.1) is 0 Å². The highest BCUT2D eigenvalue weighted by molar-refractivity contribution is 5.91. The first-order valence-electron chi connectivity index (χ1n) is 7.87. The fourth-order valence-corrected chi connectivity index (χ4v) is 1.52. The van der Waals surface area contributed by atoms with Crippen LogP contribution in [0.3, 0.4) is 0 Å². The lowest BCUT2D eigenvalue weighted by Gasteiger charge is -2.00. The van der Waals surface area contributed by atoms with Crippen LogP contribution in [-0.2, 0) is 19.1 Å². The molecule has 0 saturated carbocycles. The Morgan fingerprint density at radius 3 is 1.95 bits per heavy atom. The maximum absolute atomic E-state index is 11.3. The monoisotopic (exact) mass is 296 g/mol. The van der Waals surface area contributed by atoms with Crippen LogP contribution >= 0.6 is 0 Å². The zero-order valence-corrected chi connectivity index (χ0v) is 13.3. The van der Waals surface area contributed by atoms with Crippen LogP contribution in [0.5, 0.6) is 0 Å². The second kappa shape index (κ2) is 14.8. The van der Waals surface area contributed by atoms with Crippen LogP contribution in [0.25, 0.3) is 0 Å². The highest BCUT2D eigenvalue weighted by Gasteiger charge is 2.00. The average molecular weight is 296 g/mol. The first-order valence-corrected chi connectivity index (χ1v) is 7.87. The molecule has 0 atom stereocenters. The van der Waals surface area contributed by atoms with Crippen molar-refractivity contribution in [1.29, 1.82) is 0 Å². The van der Waals surface area contributed by atoms with Crippen molar-refractivity contribution in [1.82, 2.24) is 0 Å². The van der Waals surface area contributed by atoms with Gasteiger partial charge in [0.15, 0.2) is 0 Å². The Morgan fingerprint density at radius 2 is 1.33 bits per heavy atom. The molecule has 0 aromatic rings. The Labute approximate surface area is 128 Å². The molecule has 0 unspecified atom stereocenters. The van der Waals surface area contributed by atoms with Gasteiger partial charge < -0.3 is 9.47 Å². The highest BCUT2D eigenvalue weighted by Crippen LogP contribution is 2.00. The molecule has 0 fully saturated rings. The lowest BCUT2D eigenvalue weighted by Crippen LogP contribution is -2.05. The smallest absolute Gasteiger partial charge is 0.331 e. The van der Waals surface area contributed by atoms with E-state index in [2.05, 4.69) is 13.0 Å². The predicted octanol–water partition coefficient (Wildman–Crippen LogP) is 3.96. The van der Waals surface area contributed by atoms with Crippen LogP contribution in [-0.4, -0.2) is 25.2 Å². The van der Waals surface area contributed by atoms with E-state index in [0.717, 1.165) is 31.4 Å². The summed E-state index contributed by atoms with van der Waals surface area (Å²) in [4.78, 5) is 22.5. The molecular formula is C17H28O4. The molecule has 0 amide bonds. The van der Waals surface area contributed by atoms with E-state index in [1.54, 1.807) is 0 Å². The average Bonchev–Trinajstić information content (AvgIpc) is 2.48. The minimum absolute atomic E-state index is 0.332. The topological polar surface area (TPSA) is 52.6 Å². The van der Waals surface area contributed by atoms with Crippen molar-refractivity contribution >= 4 is 11.9 Å².